The molecule has 1 N–H and O–H groups in total. The van der Waals surface area contributed by atoms with Gasteiger partial charge in [-0.1, -0.05) is 26.8 Å². The van der Waals surface area contributed by atoms with Crippen LogP contribution in [0, 0.1) is 13.8 Å². The number of anilines is 1. The summed E-state index contributed by atoms with van der Waals surface area (Å²) >= 11 is 0. The maximum Gasteiger partial charge on any atom is 0.243 e. The predicted octanol–water partition coefficient (Wildman–Crippen LogP) is 5.65. The van der Waals surface area contributed by atoms with Crippen molar-refractivity contribution in [3.8, 4) is 28.6 Å². The van der Waals surface area contributed by atoms with Crippen LogP contribution < -0.4 is 14.2 Å². The second kappa shape index (κ2) is 12.6. The van der Waals surface area contributed by atoms with Crippen LogP contribution in [0.2, 0.25) is 18.1 Å². The standard InChI is InChI=1S/C30H41N7O5SSi/c1-19-14-22(18-31-15-19)28-34-35-29(37(28)25-23(40-7)12-11-13-24(25)41-8)36-43(38,39)21(3)26(27-32-16-20(2)17-33-27)42-44(9,10)30(4,5)6/h11-18,21,26H,1-10H3,(H,35,36)/t21-,26-/m0/s1. The maximum absolute atomic E-state index is 14.2. The van der Waals surface area contributed by atoms with Crippen molar-refractivity contribution in [2.75, 3.05) is 18.9 Å². The van der Waals surface area contributed by atoms with Gasteiger partial charge in [0.2, 0.25) is 16.0 Å². The highest BCUT2D eigenvalue weighted by Gasteiger charge is 2.44. The van der Waals surface area contributed by atoms with Gasteiger partial charge in [-0.2, -0.15) is 0 Å². The molecule has 0 bridgehead atoms. The average molecular weight is 640 g/mol. The molecule has 4 rings (SSSR count). The monoisotopic (exact) mass is 639 g/mol. The molecule has 236 valence electrons. The largest absolute Gasteiger partial charge is 0.494 e. The highest BCUT2D eigenvalue weighted by atomic mass is 32.2. The molecule has 44 heavy (non-hydrogen) atoms. The van der Waals surface area contributed by atoms with E-state index in [4.69, 9.17) is 13.9 Å². The fourth-order valence-electron chi connectivity index (χ4n) is 4.26. The van der Waals surface area contributed by atoms with Gasteiger partial charge in [-0.15, -0.1) is 10.2 Å². The third kappa shape index (κ3) is 6.76. The van der Waals surface area contributed by atoms with E-state index in [0.29, 0.717) is 28.6 Å². The first kappa shape index (κ1) is 33.0. The number of hydrogen-bond acceptors (Lipinski definition) is 10. The molecule has 0 saturated heterocycles. The molecule has 0 aliphatic rings. The van der Waals surface area contributed by atoms with Crippen LogP contribution in [-0.4, -0.2) is 65.9 Å². The molecule has 0 aliphatic carbocycles. The molecule has 0 radical (unpaired) electrons. The highest BCUT2D eigenvalue weighted by Crippen LogP contribution is 2.42. The highest BCUT2D eigenvalue weighted by molar-refractivity contribution is 7.93. The molecule has 0 unspecified atom stereocenters. The number of methoxy groups -OCH3 is 2. The Hall–Kier alpha value is -3.88. The number of hydrogen-bond donors (Lipinski definition) is 1. The minimum Gasteiger partial charge on any atom is -0.494 e. The molecule has 3 aromatic heterocycles. The van der Waals surface area contributed by atoms with Gasteiger partial charge in [0.25, 0.3) is 0 Å². The molecule has 2 atom stereocenters. The first-order valence-electron chi connectivity index (χ1n) is 14.2. The van der Waals surface area contributed by atoms with Crippen molar-refractivity contribution in [2.24, 2.45) is 0 Å². The number of rotatable bonds is 11. The van der Waals surface area contributed by atoms with E-state index >= 15 is 0 Å². The summed E-state index contributed by atoms with van der Waals surface area (Å²) in [6, 6.07) is 7.15. The average Bonchev–Trinajstić information content (AvgIpc) is 3.37. The summed E-state index contributed by atoms with van der Waals surface area (Å²) in [6.45, 7) is 15.8. The van der Waals surface area contributed by atoms with Gasteiger partial charge < -0.3 is 13.9 Å². The van der Waals surface area contributed by atoms with E-state index in [0.717, 1.165) is 11.1 Å². The molecular weight excluding hydrogens is 599 g/mol. The molecule has 4 aromatic rings. The van der Waals surface area contributed by atoms with Crippen LogP contribution >= 0.6 is 0 Å². The first-order valence-corrected chi connectivity index (χ1v) is 18.6. The molecule has 0 spiro atoms. The minimum absolute atomic E-state index is 0.0629. The normalized spacial score (nSPS) is 13.8. The third-order valence-electron chi connectivity index (χ3n) is 7.85. The Morgan fingerprint density at radius 1 is 0.932 bits per heavy atom. The SMILES string of the molecule is COc1cccc(OC)c1-n1c(NS(=O)(=O)[C@@H](C)[C@H](O[Si](C)(C)C(C)(C)C)c2ncc(C)cn2)nnc1-c1cncc(C)c1. The second-order valence-corrected chi connectivity index (χ2v) is 19.0. The molecule has 0 amide bonds. The van der Waals surface area contributed by atoms with Crippen molar-refractivity contribution < 1.29 is 22.3 Å². The summed E-state index contributed by atoms with van der Waals surface area (Å²) in [5.41, 5.74) is 2.78. The van der Waals surface area contributed by atoms with Gasteiger partial charge in [0.15, 0.2) is 20.0 Å². The Labute approximate surface area is 260 Å². The lowest BCUT2D eigenvalue weighted by Gasteiger charge is -2.40. The Bertz CT molecular complexity index is 1700. The number of sulfonamides is 1. The number of ether oxygens (including phenoxy) is 2. The lowest BCUT2D eigenvalue weighted by atomic mass is 10.2. The number of nitrogens with one attached hydrogen (secondary N) is 1. The Kier molecular flexibility index (Phi) is 9.47. The van der Waals surface area contributed by atoms with Crippen molar-refractivity contribution in [3.63, 3.8) is 0 Å². The van der Waals surface area contributed by atoms with Gasteiger partial charge in [-0.3, -0.25) is 14.3 Å². The number of aryl methyl sites for hydroxylation is 2. The Morgan fingerprint density at radius 2 is 1.55 bits per heavy atom. The summed E-state index contributed by atoms with van der Waals surface area (Å²) in [5, 5.41) is 7.38. The predicted molar refractivity (Wildman–Crippen MR) is 172 cm³/mol. The quantitative estimate of drug-likeness (QED) is 0.205. The van der Waals surface area contributed by atoms with E-state index in [1.54, 1.807) is 54.5 Å². The van der Waals surface area contributed by atoms with E-state index < -0.39 is 29.7 Å². The molecule has 0 saturated carbocycles. The lowest BCUT2D eigenvalue weighted by molar-refractivity contribution is 0.172. The van der Waals surface area contributed by atoms with E-state index in [1.807, 2.05) is 19.9 Å². The van der Waals surface area contributed by atoms with Gasteiger partial charge in [-0.05, 0) is 68.2 Å². The summed E-state index contributed by atoms with van der Waals surface area (Å²) in [5.74, 6) is 1.41. The Morgan fingerprint density at radius 3 is 2.09 bits per heavy atom. The van der Waals surface area contributed by atoms with Crippen LogP contribution in [0.4, 0.5) is 5.95 Å². The van der Waals surface area contributed by atoms with Crippen molar-refractivity contribution in [3.05, 3.63) is 66.0 Å². The third-order valence-corrected chi connectivity index (χ3v) is 14.0. The van der Waals surface area contributed by atoms with Gasteiger partial charge in [-0.25, -0.2) is 18.4 Å². The van der Waals surface area contributed by atoms with Gasteiger partial charge in [0.1, 0.15) is 28.5 Å². The van der Waals surface area contributed by atoms with Gasteiger partial charge >= 0.3 is 0 Å². The van der Waals surface area contributed by atoms with Crippen molar-refractivity contribution >= 4 is 24.3 Å². The van der Waals surface area contributed by atoms with Crippen LogP contribution in [0.3, 0.4) is 0 Å². The number of aromatic nitrogens is 6. The number of nitrogens with zero attached hydrogens (tertiary/aromatic N) is 6. The summed E-state index contributed by atoms with van der Waals surface area (Å²) in [4.78, 5) is 13.2. The zero-order valence-electron chi connectivity index (χ0n) is 26.9. The van der Waals surface area contributed by atoms with E-state index in [9.17, 15) is 8.42 Å². The zero-order valence-corrected chi connectivity index (χ0v) is 28.7. The summed E-state index contributed by atoms with van der Waals surface area (Å²) < 4.78 is 50.7. The van der Waals surface area contributed by atoms with Crippen LogP contribution in [0.25, 0.3) is 17.1 Å². The van der Waals surface area contributed by atoms with Crippen LogP contribution in [0.15, 0.2) is 49.1 Å². The smallest absolute Gasteiger partial charge is 0.243 e. The van der Waals surface area contributed by atoms with Crippen LogP contribution in [0.1, 0.15) is 50.8 Å². The van der Waals surface area contributed by atoms with Crippen LogP contribution in [0.5, 0.6) is 11.5 Å². The number of pyridine rings is 1. The summed E-state index contributed by atoms with van der Waals surface area (Å²) in [6.07, 6.45) is 5.71. The Balaban J connectivity index is 1.86. The molecule has 1 aromatic carbocycles. The van der Waals surface area contributed by atoms with Crippen molar-refractivity contribution in [1.82, 2.24) is 29.7 Å². The molecule has 0 fully saturated rings. The van der Waals surface area contributed by atoms with E-state index in [1.165, 1.54) is 14.2 Å². The maximum atomic E-state index is 14.2. The van der Waals surface area contributed by atoms with Crippen LogP contribution in [-0.2, 0) is 14.4 Å². The van der Waals surface area contributed by atoms with Crippen molar-refractivity contribution in [2.45, 2.75) is 71.0 Å². The number of para-hydroxylation sites is 1. The van der Waals surface area contributed by atoms with E-state index in [2.05, 4.69) is 63.7 Å². The van der Waals surface area contributed by atoms with Gasteiger partial charge in [0.05, 0.1) is 14.2 Å². The number of benzene rings is 1. The molecule has 12 nitrogen and oxygen atoms in total. The van der Waals surface area contributed by atoms with Gasteiger partial charge in [0, 0.05) is 30.4 Å². The fraction of sp³-hybridized carbons (Fsp3) is 0.433. The first-order chi connectivity index (χ1) is 20.6. The second-order valence-electron chi connectivity index (χ2n) is 12.2. The fourth-order valence-corrected chi connectivity index (χ4v) is 6.74. The molecule has 0 aliphatic heterocycles. The van der Waals surface area contributed by atoms with E-state index in [-0.39, 0.29) is 16.8 Å². The minimum atomic E-state index is -4.19. The molecule has 3 heterocycles. The summed E-state index contributed by atoms with van der Waals surface area (Å²) in [7, 11) is -3.62. The van der Waals surface area contributed by atoms with Crippen molar-refractivity contribution in [1.29, 1.82) is 0 Å². The molecule has 14 heteroatoms. The molecular formula is C30H41N7O5SSi. The zero-order chi connectivity index (χ0) is 32.4. The lowest BCUT2D eigenvalue weighted by Crippen LogP contribution is -2.45. The topological polar surface area (TPSA) is 143 Å².